The SMILES string of the molecule is CCCCCCCCCC/C=C\CCCCCCCCCCCCCCCCCCCCCCCCCCCC(=O)OC(COC(=O)CCCCCCCCCCCCCCCCCCCCCCCCCCCCCCCCCCCCCCCCCC)COP(=O)([O-])OCC[N+](C)(C)C. The Bertz CT molecular complexity index is 1700. The summed E-state index contributed by atoms with van der Waals surface area (Å²) in [5.74, 6) is -0.799. The molecular formula is C91H180NO8P. The molecule has 0 amide bonds. The number of phosphoric acid groups is 1. The lowest BCUT2D eigenvalue weighted by Crippen LogP contribution is -2.37. The third-order valence-electron chi connectivity index (χ3n) is 21.5. The molecule has 0 aliphatic carbocycles. The minimum absolute atomic E-state index is 0.0253. The van der Waals surface area contributed by atoms with Gasteiger partial charge in [0.25, 0.3) is 7.82 Å². The Morgan fingerprint density at radius 3 is 0.733 bits per heavy atom. The molecule has 0 aromatic carbocycles. The molecule has 0 aliphatic rings. The van der Waals surface area contributed by atoms with Gasteiger partial charge in [-0.05, 0) is 38.5 Å². The fourth-order valence-corrected chi connectivity index (χ4v) is 15.3. The van der Waals surface area contributed by atoms with Gasteiger partial charge < -0.3 is 27.9 Å². The number of allylic oxidation sites excluding steroid dienone is 2. The third-order valence-corrected chi connectivity index (χ3v) is 22.5. The van der Waals surface area contributed by atoms with Crippen molar-refractivity contribution in [2.24, 2.45) is 0 Å². The Kier molecular flexibility index (Phi) is 81.8. The van der Waals surface area contributed by atoms with Crippen LogP contribution in [0, 0.1) is 0 Å². The van der Waals surface area contributed by atoms with E-state index in [1.165, 1.54) is 443 Å². The Balaban J connectivity index is 3.81. The van der Waals surface area contributed by atoms with E-state index in [2.05, 4.69) is 26.0 Å². The Morgan fingerprint density at radius 1 is 0.297 bits per heavy atom. The maximum Gasteiger partial charge on any atom is 0.306 e. The van der Waals surface area contributed by atoms with Crippen LogP contribution < -0.4 is 4.89 Å². The van der Waals surface area contributed by atoms with Gasteiger partial charge in [0.1, 0.15) is 19.8 Å². The standard InChI is InChI=1S/C91H180NO8P/c1-6-8-10-12-14-16-18-20-22-24-26-28-30-32-34-36-38-40-42-44-45-46-48-49-51-53-55-57-59-61-63-65-67-69-71-73-75-77-79-81-83-90(93)97-87-89(88-99-101(95,96)98-86-85-92(3,4)5)100-91(94)84-82-80-78-76-74-72-70-68-66-64-62-60-58-56-54-52-50-47-43-41-39-37-35-33-31-29-27-25-23-21-19-17-15-13-11-9-7-2/h25,27,89H,6-24,26,28-88H2,1-5H3/b27-25-. The second-order valence-corrected chi connectivity index (χ2v) is 34.4. The van der Waals surface area contributed by atoms with Crippen molar-refractivity contribution in [3.63, 3.8) is 0 Å². The van der Waals surface area contributed by atoms with E-state index in [4.69, 9.17) is 18.5 Å². The highest BCUT2D eigenvalue weighted by Crippen LogP contribution is 2.38. The number of unbranched alkanes of at least 4 members (excludes halogenated alkanes) is 72. The quantitative estimate of drug-likeness (QED) is 0.0195. The molecule has 0 radical (unpaired) electrons. The Hall–Kier alpha value is -1.25. The van der Waals surface area contributed by atoms with E-state index in [9.17, 15) is 19.0 Å². The molecule has 0 aliphatic heterocycles. The van der Waals surface area contributed by atoms with E-state index in [1.807, 2.05) is 21.1 Å². The molecule has 0 aromatic heterocycles. The normalized spacial score (nSPS) is 12.9. The summed E-state index contributed by atoms with van der Waals surface area (Å²) in [7, 11) is 1.20. The van der Waals surface area contributed by atoms with Crippen LogP contribution >= 0.6 is 7.82 Å². The van der Waals surface area contributed by atoms with Gasteiger partial charge in [-0.15, -0.1) is 0 Å². The van der Waals surface area contributed by atoms with Crippen molar-refractivity contribution in [3.8, 4) is 0 Å². The number of nitrogens with zero attached hydrogens (tertiary/aromatic N) is 1. The smallest absolute Gasteiger partial charge is 0.306 e. The summed E-state index contributed by atoms with van der Waals surface area (Å²) >= 11 is 0. The molecule has 101 heavy (non-hydrogen) atoms. The van der Waals surface area contributed by atoms with Crippen LogP contribution in [0.4, 0.5) is 0 Å². The first-order chi connectivity index (χ1) is 49.5. The number of phosphoric ester groups is 1. The number of likely N-dealkylation sites (N-methyl/N-ethyl adjacent to an activating group) is 1. The average molecular weight is 1450 g/mol. The van der Waals surface area contributed by atoms with Gasteiger partial charge in [0, 0.05) is 12.8 Å². The predicted molar refractivity (Wildman–Crippen MR) is 439 cm³/mol. The molecule has 0 saturated carbocycles. The van der Waals surface area contributed by atoms with E-state index in [1.54, 1.807) is 0 Å². The van der Waals surface area contributed by atoms with Crippen LogP contribution in [0.15, 0.2) is 12.2 Å². The molecule has 0 N–H and O–H groups in total. The van der Waals surface area contributed by atoms with E-state index < -0.39 is 26.5 Å². The first kappa shape index (κ1) is 99.8. The average Bonchev–Trinajstić information content (AvgIpc) is 0.958. The first-order valence-electron chi connectivity index (χ1n) is 45.9. The molecule has 9 nitrogen and oxygen atoms in total. The summed E-state index contributed by atoms with van der Waals surface area (Å²) in [5, 5.41) is 0. The number of quaternary nitrogens is 1. The zero-order chi connectivity index (χ0) is 73.3. The topological polar surface area (TPSA) is 111 Å². The number of esters is 2. The summed E-state index contributed by atoms with van der Waals surface area (Å²) in [6.45, 7) is 4.35. The highest BCUT2D eigenvalue weighted by Gasteiger charge is 2.22. The van der Waals surface area contributed by atoms with Crippen molar-refractivity contribution in [1.29, 1.82) is 0 Å². The van der Waals surface area contributed by atoms with Crippen molar-refractivity contribution in [3.05, 3.63) is 12.2 Å². The van der Waals surface area contributed by atoms with Crippen molar-refractivity contribution in [2.75, 3.05) is 47.5 Å². The van der Waals surface area contributed by atoms with Crippen LogP contribution in [0.2, 0.25) is 0 Å². The van der Waals surface area contributed by atoms with Crippen LogP contribution in [0.25, 0.3) is 0 Å². The number of rotatable bonds is 88. The minimum Gasteiger partial charge on any atom is -0.756 e. The summed E-state index contributed by atoms with van der Waals surface area (Å²) in [5.41, 5.74) is 0. The lowest BCUT2D eigenvalue weighted by molar-refractivity contribution is -0.870. The number of ether oxygens (including phenoxy) is 2. The van der Waals surface area contributed by atoms with Gasteiger partial charge in [0.2, 0.25) is 0 Å². The van der Waals surface area contributed by atoms with Gasteiger partial charge >= 0.3 is 11.9 Å². The summed E-state index contributed by atoms with van der Waals surface area (Å²) in [6.07, 6.45) is 107. The van der Waals surface area contributed by atoms with Gasteiger partial charge in [0.05, 0.1) is 27.7 Å². The molecule has 0 bridgehead atoms. The number of carbonyl (C=O) groups excluding carboxylic acids is 2. The molecule has 0 saturated heterocycles. The van der Waals surface area contributed by atoms with E-state index in [-0.39, 0.29) is 32.0 Å². The van der Waals surface area contributed by atoms with Crippen molar-refractivity contribution in [2.45, 2.75) is 514 Å². The van der Waals surface area contributed by atoms with Crippen molar-refractivity contribution >= 4 is 19.8 Å². The van der Waals surface area contributed by atoms with E-state index in [0.29, 0.717) is 17.4 Å². The zero-order valence-corrected chi connectivity index (χ0v) is 70.1. The Labute approximate surface area is 632 Å². The molecule has 2 unspecified atom stereocenters. The fraction of sp³-hybridized carbons (Fsp3) is 0.956. The fourth-order valence-electron chi connectivity index (χ4n) is 14.5. The lowest BCUT2D eigenvalue weighted by atomic mass is 10.0. The molecule has 602 valence electrons. The molecular weight excluding hydrogens is 1270 g/mol. The minimum atomic E-state index is -4.64. The predicted octanol–water partition coefficient (Wildman–Crippen LogP) is 30.3. The molecule has 0 fully saturated rings. The van der Waals surface area contributed by atoms with E-state index >= 15 is 0 Å². The number of carbonyl (C=O) groups is 2. The number of hydrogen-bond acceptors (Lipinski definition) is 8. The summed E-state index contributed by atoms with van der Waals surface area (Å²) < 4.78 is 34.5. The largest absolute Gasteiger partial charge is 0.756 e. The molecule has 2 atom stereocenters. The monoisotopic (exact) mass is 1450 g/mol. The van der Waals surface area contributed by atoms with Gasteiger partial charge in [-0.25, -0.2) is 0 Å². The van der Waals surface area contributed by atoms with Crippen LogP contribution in [0.3, 0.4) is 0 Å². The highest BCUT2D eigenvalue weighted by atomic mass is 31.2. The van der Waals surface area contributed by atoms with Crippen LogP contribution in [-0.4, -0.2) is 70.0 Å². The maximum absolute atomic E-state index is 12.9. The number of hydrogen-bond donors (Lipinski definition) is 0. The van der Waals surface area contributed by atoms with Gasteiger partial charge in [0.15, 0.2) is 6.10 Å². The molecule has 0 rings (SSSR count). The zero-order valence-electron chi connectivity index (χ0n) is 69.2. The second kappa shape index (κ2) is 82.8. The van der Waals surface area contributed by atoms with Gasteiger partial charge in [-0.3, -0.25) is 14.2 Å². The third kappa shape index (κ3) is 87.6. The molecule has 10 heteroatoms. The van der Waals surface area contributed by atoms with Crippen LogP contribution in [0.1, 0.15) is 508 Å². The van der Waals surface area contributed by atoms with Crippen LogP contribution in [0.5, 0.6) is 0 Å². The second-order valence-electron chi connectivity index (χ2n) is 33.0. The highest BCUT2D eigenvalue weighted by molar-refractivity contribution is 7.45. The van der Waals surface area contributed by atoms with Crippen LogP contribution in [-0.2, 0) is 32.7 Å². The van der Waals surface area contributed by atoms with Crippen molar-refractivity contribution in [1.82, 2.24) is 0 Å². The van der Waals surface area contributed by atoms with E-state index in [0.717, 1.165) is 32.1 Å². The Morgan fingerprint density at radius 2 is 0.505 bits per heavy atom. The lowest BCUT2D eigenvalue weighted by Gasteiger charge is -2.28. The van der Waals surface area contributed by atoms with Crippen molar-refractivity contribution < 1.29 is 42.1 Å². The molecule has 0 spiro atoms. The summed E-state index contributed by atoms with van der Waals surface area (Å²) in [6, 6.07) is 0. The first-order valence-corrected chi connectivity index (χ1v) is 47.4. The molecule has 0 heterocycles. The summed E-state index contributed by atoms with van der Waals surface area (Å²) in [4.78, 5) is 38.3. The van der Waals surface area contributed by atoms with Gasteiger partial charge in [-0.1, -0.05) is 469 Å². The maximum atomic E-state index is 12.9. The molecule has 0 aromatic rings. The van der Waals surface area contributed by atoms with Gasteiger partial charge in [-0.2, -0.15) is 0 Å².